The average Bonchev–Trinajstić information content (AvgIpc) is 2.76. The molecule has 4 nitrogen and oxygen atoms in total. The van der Waals surface area contributed by atoms with E-state index in [2.05, 4.69) is 0 Å². The molecule has 23 heavy (non-hydrogen) atoms. The van der Waals surface area contributed by atoms with Gasteiger partial charge in [0, 0.05) is 24.8 Å². The van der Waals surface area contributed by atoms with Crippen LogP contribution in [-0.2, 0) is 14.4 Å². The molecule has 4 aliphatic carbocycles. The third-order valence-electron chi connectivity index (χ3n) is 7.69. The summed E-state index contributed by atoms with van der Waals surface area (Å²) in [4.78, 5) is 37.5. The van der Waals surface area contributed by atoms with Crippen molar-refractivity contribution in [3.63, 3.8) is 0 Å². The molecule has 0 heterocycles. The maximum atomic E-state index is 12.7. The fraction of sp³-hybridized carbons (Fsp3) is 0.737. The lowest BCUT2D eigenvalue weighted by Gasteiger charge is -2.58. The fourth-order valence-corrected chi connectivity index (χ4v) is 6.11. The first-order valence-corrected chi connectivity index (χ1v) is 8.78. The topological polar surface area (TPSA) is 71.4 Å². The van der Waals surface area contributed by atoms with Crippen LogP contribution in [0.2, 0.25) is 0 Å². The Hall–Kier alpha value is -1.29. The number of ketones is 3. The molecule has 2 unspecified atom stereocenters. The van der Waals surface area contributed by atoms with Gasteiger partial charge < -0.3 is 5.11 Å². The molecule has 4 rings (SSSR count). The second kappa shape index (κ2) is 4.41. The highest BCUT2D eigenvalue weighted by Crippen LogP contribution is 2.64. The van der Waals surface area contributed by atoms with E-state index in [-0.39, 0.29) is 29.2 Å². The Morgan fingerprint density at radius 1 is 1.00 bits per heavy atom. The summed E-state index contributed by atoms with van der Waals surface area (Å²) in [6.07, 6.45) is 5.40. The highest BCUT2D eigenvalue weighted by Gasteiger charge is 2.67. The first-order chi connectivity index (χ1) is 10.7. The van der Waals surface area contributed by atoms with Crippen molar-refractivity contribution < 1.29 is 19.5 Å². The number of Topliss-reactive ketones (excluding diaryl/α,β-unsaturated/α-hetero) is 3. The van der Waals surface area contributed by atoms with E-state index in [4.69, 9.17) is 0 Å². The van der Waals surface area contributed by atoms with Crippen LogP contribution in [0.25, 0.3) is 0 Å². The lowest BCUT2D eigenvalue weighted by atomic mass is 9.46. The highest BCUT2D eigenvalue weighted by atomic mass is 16.3. The number of allylic oxidation sites excluding steroid dienone is 2. The minimum absolute atomic E-state index is 0.0248. The van der Waals surface area contributed by atoms with Crippen LogP contribution in [0.1, 0.15) is 58.8 Å². The monoisotopic (exact) mass is 316 g/mol. The number of aliphatic hydroxyl groups is 1. The van der Waals surface area contributed by atoms with Crippen LogP contribution < -0.4 is 0 Å². The summed E-state index contributed by atoms with van der Waals surface area (Å²) in [7, 11) is 0. The van der Waals surface area contributed by atoms with Gasteiger partial charge in [-0.05, 0) is 51.4 Å². The number of fused-ring (bicyclic) bond motifs is 5. The summed E-state index contributed by atoms with van der Waals surface area (Å²) in [5.74, 6) is 0.256. The normalized spacial score (nSPS) is 49.3. The van der Waals surface area contributed by atoms with Gasteiger partial charge in [-0.15, -0.1) is 0 Å². The van der Waals surface area contributed by atoms with Gasteiger partial charge in [-0.25, -0.2) is 0 Å². The average molecular weight is 316 g/mol. The van der Waals surface area contributed by atoms with Crippen LogP contribution in [0.4, 0.5) is 0 Å². The largest absolute Gasteiger partial charge is 0.389 e. The number of carbonyl (C=O) groups excluding carboxylic acids is 3. The SMILES string of the molecule is C[C@]12C(=O)CCC(=O)C1=CCC1C2CC[C@]2(C)C(=O)CC[C@@]12O. The van der Waals surface area contributed by atoms with Gasteiger partial charge in [0.25, 0.3) is 0 Å². The van der Waals surface area contributed by atoms with Crippen LogP contribution in [0.15, 0.2) is 11.6 Å². The van der Waals surface area contributed by atoms with Crippen LogP contribution in [0.3, 0.4) is 0 Å². The number of hydrogen-bond acceptors (Lipinski definition) is 4. The molecule has 0 aliphatic heterocycles. The van der Waals surface area contributed by atoms with Gasteiger partial charge in [-0.2, -0.15) is 0 Å². The summed E-state index contributed by atoms with van der Waals surface area (Å²) in [5.41, 5.74) is -1.80. The van der Waals surface area contributed by atoms with E-state index in [0.717, 1.165) is 6.42 Å². The van der Waals surface area contributed by atoms with E-state index >= 15 is 0 Å². The van der Waals surface area contributed by atoms with Crippen molar-refractivity contribution in [2.75, 3.05) is 0 Å². The van der Waals surface area contributed by atoms with E-state index in [1.165, 1.54) is 0 Å². The number of carbonyl (C=O) groups is 3. The van der Waals surface area contributed by atoms with Gasteiger partial charge in [-0.1, -0.05) is 6.08 Å². The summed E-state index contributed by atoms with van der Waals surface area (Å²) < 4.78 is 0. The minimum Gasteiger partial charge on any atom is -0.389 e. The fourth-order valence-electron chi connectivity index (χ4n) is 6.11. The van der Waals surface area contributed by atoms with Crippen molar-refractivity contribution in [2.24, 2.45) is 22.7 Å². The van der Waals surface area contributed by atoms with Crippen molar-refractivity contribution in [3.05, 3.63) is 11.6 Å². The summed E-state index contributed by atoms with van der Waals surface area (Å²) in [5, 5.41) is 11.4. The van der Waals surface area contributed by atoms with E-state index < -0.39 is 16.4 Å². The summed E-state index contributed by atoms with van der Waals surface area (Å²) in [6.45, 7) is 3.80. The Bertz CT molecular complexity index is 662. The van der Waals surface area contributed by atoms with Gasteiger partial charge in [0.1, 0.15) is 11.6 Å². The van der Waals surface area contributed by atoms with Crippen molar-refractivity contribution in [1.82, 2.24) is 0 Å². The Morgan fingerprint density at radius 2 is 1.74 bits per heavy atom. The zero-order chi connectivity index (χ0) is 16.6. The van der Waals surface area contributed by atoms with Crippen LogP contribution in [0, 0.1) is 22.7 Å². The van der Waals surface area contributed by atoms with E-state index in [1.54, 1.807) is 0 Å². The van der Waals surface area contributed by atoms with E-state index in [9.17, 15) is 19.5 Å². The first kappa shape index (κ1) is 15.3. The Labute approximate surface area is 136 Å². The minimum atomic E-state index is -1.03. The number of rotatable bonds is 0. The summed E-state index contributed by atoms with van der Waals surface area (Å²) in [6, 6.07) is 0. The Kier molecular flexibility index (Phi) is 2.92. The van der Waals surface area contributed by atoms with Gasteiger partial charge in [0.2, 0.25) is 0 Å². The maximum Gasteiger partial charge on any atom is 0.160 e. The molecule has 3 saturated carbocycles. The van der Waals surface area contributed by atoms with Crippen LogP contribution >= 0.6 is 0 Å². The lowest BCUT2D eigenvalue weighted by molar-refractivity contribution is -0.176. The molecule has 0 spiro atoms. The third-order valence-corrected chi connectivity index (χ3v) is 7.69. The molecule has 0 aromatic carbocycles. The van der Waals surface area contributed by atoms with Gasteiger partial charge in [-0.3, -0.25) is 14.4 Å². The quantitative estimate of drug-likeness (QED) is 0.745. The molecule has 124 valence electrons. The molecule has 0 radical (unpaired) electrons. The molecule has 0 aromatic heterocycles. The van der Waals surface area contributed by atoms with Crippen molar-refractivity contribution >= 4 is 17.3 Å². The van der Waals surface area contributed by atoms with Crippen LogP contribution in [-0.4, -0.2) is 28.1 Å². The molecule has 1 N–H and O–H groups in total. The van der Waals surface area contributed by atoms with Gasteiger partial charge in [0.05, 0.1) is 16.4 Å². The zero-order valence-corrected chi connectivity index (χ0v) is 13.9. The maximum absolute atomic E-state index is 12.7. The molecule has 4 heteroatoms. The number of hydrogen-bond donors (Lipinski definition) is 1. The van der Waals surface area contributed by atoms with Crippen molar-refractivity contribution in [3.8, 4) is 0 Å². The Morgan fingerprint density at radius 3 is 2.48 bits per heavy atom. The molecule has 0 aromatic rings. The predicted octanol–water partition coefficient (Wildman–Crippen LogP) is 2.38. The van der Waals surface area contributed by atoms with Gasteiger partial charge in [0.15, 0.2) is 5.78 Å². The molecule has 0 saturated heterocycles. The third kappa shape index (κ3) is 1.58. The first-order valence-electron chi connectivity index (χ1n) is 8.78. The Balaban J connectivity index is 1.83. The molecular weight excluding hydrogens is 292 g/mol. The second-order valence-electron chi connectivity index (χ2n) is 8.33. The van der Waals surface area contributed by atoms with Gasteiger partial charge >= 0.3 is 0 Å². The standard InChI is InChI=1S/C19H24O4/c1-17-9-7-11-12(19(17,23)10-8-15(17)21)3-4-13-14(20)5-6-16(22)18(11,13)2/h4,11-12,23H,3,5-10H2,1-2H3/t11?,12?,17-,18-,19-/m1/s1. The molecule has 4 aliphatic rings. The van der Waals surface area contributed by atoms with E-state index in [1.807, 2.05) is 19.9 Å². The van der Waals surface area contributed by atoms with Crippen molar-refractivity contribution in [2.45, 2.75) is 64.4 Å². The molecule has 0 bridgehead atoms. The summed E-state index contributed by atoms with van der Waals surface area (Å²) >= 11 is 0. The lowest BCUT2D eigenvalue weighted by Crippen LogP contribution is -2.62. The molecular formula is C19H24O4. The van der Waals surface area contributed by atoms with E-state index in [0.29, 0.717) is 44.1 Å². The molecule has 5 atom stereocenters. The zero-order valence-electron chi connectivity index (χ0n) is 13.9. The molecule has 0 amide bonds. The van der Waals surface area contributed by atoms with Crippen LogP contribution in [0.5, 0.6) is 0 Å². The van der Waals surface area contributed by atoms with Crippen molar-refractivity contribution in [1.29, 1.82) is 0 Å². The smallest absolute Gasteiger partial charge is 0.160 e. The molecule has 3 fully saturated rings. The second-order valence-corrected chi connectivity index (χ2v) is 8.33. The predicted molar refractivity (Wildman–Crippen MR) is 83.6 cm³/mol. The highest BCUT2D eigenvalue weighted by molar-refractivity contribution is 6.09.